The number of carbonyl (C=O) groups is 2. The van der Waals surface area contributed by atoms with Crippen LogP contribution in [-0.2, 0) is 21.4 Å². The van der Waals surface area contributed by atoms with E-state index in [4.69, 9.17) is 4.74 Å². The number of rotatable bonds is 4. The number of hydrogen-bond donors (Lipinski definition) is 1. The first-order chi connectivity index (χ1) is 15.2. The van der Waals surface area contributed by atoms with Gasteiger partial charge in [0.2, 0.25) is 5.91 Å². The van der Waals surface area contributed by atoms with Crippen LogP contribution in [0.5, 0.6) is 0 Å². The summed E-state index contributed by atoms with van der Waals surface area (Å²) in [5.41, 5.74) is 3.24. The molecule has 1 N–H and O–H groups in total. The summed E-state index contributed by atoms with van der Waals surface area (Å²) in [5.74, 6) is 0.0437. The van der Waals surface area contributed by atoms with Crippen LogP contribution >= 0.6 is 11.3 Å². The maximum atomic E-state index is 13.5. The monoisotopic (exact) mass is 432 g/mol. The van der Waals surface area contributed by atoms with Crippen molar-refractivity contribution in [1.29, 1.82) is 0 Å². The molecule has 5 nitrogen and oxygen atoms in total. The lowest BCUT2D eigenvalue weighted by molar-refractivity contribution is -0.125. The predicted octanol–water partition coefficient (Wildman–Crippen LogP) is 4.64. The van der Waals surface area contributed by atoms with Crippen LogP contribution in [-0.4, -0.2) is 31.6 Å². The van der Waals surface area contributed by atoms with E-state index in [1.165, 1.54) is 11.3 Å². The highest BCUT2D eigenvalue weighted by Gasteiger charge is 2.41. The molecule has 1 saturated heterocycles. The van der Waals surface area contributed by atoms with Gasteiger partial charge in [-0.1, -0.05) is 36.4 Å². The molecular formula is C25H24N2O3S. The van der Waals surface area contributed by atoms with Gasteiger partial charge in [0.05, 0.1) is 10.3 Å². The molecule has 0 spiro atoms. The number of ether oxygens (including phenoxy) is 1. The molecular weight excluding hydrogens is 408 g/mol. The minimum atomic E-state index is -0.584. The van der Waals surface area contributed by atoms with Crippen molar-refractivity contribution in [1.82, 2.24) is 0 Å². The van der Waals surface area contributed by atoms with E-state index < -0.39 is 5.41 Å². The first kappa shape index (κ1) is 20.0. The fourth-order valence-electron chi connectivity index (χ4n) is 4.60. The topological polar surface area (TPSA) is 58.6 Å². The Kier molecular flexibility index (Phi) is 5.34. The number of nitrogens with one attached hydrogen (secondary N) is 1. The number of thiophene rings is 1. The van der Waals surface area contributed by atoms with Crippen LogP contribution < -0.4 is 10.2 Å². The number of carbonyl (C=O) groups excluding carboxylic acids is 2. The molecule has 0 atom stereocenters. The second-order valence-electron chi connectivity index (χ2n) is 8.04. The van der Waals surface area contributed by atoms with Gasteiger partial charge < -0.3 is 15.0 Å². The summed E-state index contributed by atoms with van der Waals surface area (Å²) in [6.45, 7) is 1.81. The number of fused-ring (bicyclic) bond motifs is 1. The van der Waals surface area contributed by atoms with Crippen molar-refractivity contribution in [3.63, 3.8) is 0 Å². The zero-order valence-corrected chi connectivity index (χ0v) is 18.0. The number of hydrogen-bond acceptors (Lipinski definition) is 4. The zero-order valence-electron chi connectivity index (χ0n) is 17.2. The van der Waals surface area contributed by atoms with Gasteiger partial charge in [0.15, 0.2) is 0 Å². The van der Waals surface area contributed by atoms with Crippen molar-refractivity contribution in [3.8, 4) is 0 Å². The Balaban J connectivity index is 1.38. The molecule has 0 bridgehead atoms. The van der Waals surface area contributed by atoms with Crippen molar-refractivity contribution in [2.45, 2.75) is 24.7 Å². The third-order valence-electron chi connectivity index (χ3n) is 6.32. The molecule has 1 aromatic heterocycles. The minimum Gasteiger partial charge on any atom is -0.381 e. The Bertz CT molecular complexity index is 1090. The Morgan fingerprint density at radius 2 is 1.81 bits per heavy atom. The van der Waals surface area contributed by atoms with Crippen molar-refractivity contribution in [3.05, 3.63) is 82.0 Å². The number of anilines is 2. The molecule has 0 aliphatic carbocycles. The van der Waals surface area contributed by atoms with Gasteiger partial charge in [-0.05, 0) is 60.0 Å². The van der Waals surface area contributed by atoms with Crippen molar-refractivity contribution < 1.29 is 14.3 Å². The molecule has 158 valence electrons. The van der Waals surface area contributed by atoms with E-state index in [0.29, 0.717) is 32.6 Å². The summed E-state index contributed by atoms with van der Waals surface area (Å²) in [4.78, 5) is 28.9. The van der Waals surface area contributed by atoms with Crippen LogP contribution in [0.25, 0.3) is 0 Å². The van der Waals surface area contributed by atoms with Gasteiger partial charge in [-0.2, -0.15) is 0 Å². The van der Waals surface area contributed by atoms with Crippen LogP contribution in [0.3, 0.4) is 0 Å². The van der Waals surface area contributed by atoms with Crippen LogP contribution in [0.1, 0.15) is 33.6 Å². The van der Waals surface area contributed by atoms with Crippen LogP contribution in [0.2, 0.25) is 0 Å². The van der Waals surface area contributed by atoms with Gasteiger partial charge in [0, 0.05) is 31.1 Å². The third-order valence-corrected chi connectivity index (χ3v) is 7.18. The van der Waals surface area contributed by atoms with E-state index >= 15 is 0 Å². The molecule has 3 heterocycles. The average molecular weight is 433 g/mol. The van der Waals surface area contributed by atoms with Gasteiger partial charge in [-0.3, -0.25) is 9.59 Å². The summed E-state index contributed by atoms with van der Waals surface area (Å²) in [7, 11) is 0. The van der Waals surface area contributed by atoms with Crippen LogP contribution in [0.15, 0.2) is 66.0 Å². The highest BCUT2D eigenvalue weighted by Crippen LogP contribution is 2.37. The van der Waals surface area contributed by atoms with Crippen molar-refractivity contribution >= 4 is 34.5 Å². The van der Waals surface area contributed by atoms with E-state index in [9.17, 15) is 9.59 Å². The summed E-state index contributed by atoms with van der Waals surface area (Å²) < 4.78 is 5.56. The molecule has 0 unspecified atom stereocenters. The normalized spacial score (nSPS) is 17.2. The predicted molar refractivity (Wildman–Crippen MR) is 123 cm³/mol. The molecule has 0 radical (unpaired) electrons. The Hall–Kier alpha value is -2.96. The van der Waals surface area contributed by atoms with Gasteiger partial charge in [-0.25, -0.2) is 0 Å². The molecule has 2 amide bonds. The Morgan fingerprint density at radius 3 is 2.55 bits per heavy atom. The summed E-state index contributed by atoms with van der Waals surface area (Å²) in [6.07, 6.45) is 2.11. The maximum absolute atomic E-state index is 13.5. The van der Waals surface area contributed by atoms with Gasteiger partial charge >= 0.3 is 0 Å². The van der Waals surface area contributed by atoms with Crippen LogP contribution in [0, 0.1) is 0 Å². The fraction of sp³-hybridized carbons (Fsp3) is 0.280. The van der Waals surface area contributed by atoms with Crippen molar-refractivity contribution in [2.24, 2.45) is 0 Å². The lowest BCUT2D eigenvalue weighted by Gasteiger charge is -2.36. The van der Waals surface area contributed by atoms with E-state index in [1.807, 2.05) is 70.9 Å². The molecule has 2 aliphatic heterocycles. The van der Waals surface area contributed by atoms with Crippen molar-refractivity contribution in [2.75, 3.05) is 30.0 Å². The number of nitrogens with zero attached hydrogens (tertiary/aromatic N) is 1. The quantitative estimate of drug-likeness (QED) is 0.654. The second-order valence-corrected chi connectivity index (χ2v) is 8.99. The standard InChI is InChI=1S/C25H24N2O3S/c28-23(22-7-4-16-31-22)27-13-10-18-17-20(8-9-21(18)27)26-24(29)25(11-14-30-15-12-25)19-5-2-1-3-6-19/h1-9,16-17H,10-15H2,(H,26,29). The highest BCUT2D eigenvalue weighted by molar-refractivity contribution is 7.12. The maximum Gasteiger partial charge on any atom is 0.268 e. The molecule has 2 aliphatic rings. The van der Waals surface area contributed by atoms with Gasteiger partial charge in [0.1, 0.15) is 0 Å². The summed E-state index contributed by atoms with van der Waals surface area (Å²) in [5, 5.41) is 5.07. The lowest BCUT2D eigenvalue weighted by atomic mass is 9.73. The zero-order chi connectivity index (χ0) is 21.3. The van der Waals surface area contributed by atoms with E-state index in [-0.39, 0.29) is 11.8 Å². The molecule has 1 fully saturated rings. The molecule has 6 heteroatoms. The number of benzene rings is 2. The van der Waals surface area contributed by atoms with Gasteiger partial charge in [0.25, 0.3) is 5.91 Å². The first-order valence-electron chi connectivity index (χ1n) is 10.6. The smallest absolute Gasteiger partial charge is 0.268 e. The number of amides is 2. The van der Waals surface area contributed by atoms with E-state index in [0.717, 1.165) is 33.8 Å². The highest BCUT2D eigenvalue weighted by atomic mass is 32.1. The molecule has 0 saturated carbocycles. The summed E-state index contributed by atoms with van der Waals surface area (Å²) >= 11 is 1.46. The largest absolute Gasteiger partial charge is 0.381 e. The van der Waals surface area contributed by atoms with Crippen LogP contribution in [0.4, 0.5) is 11.4 Å². The SMILES string of the molecule is O=C(c1cccs1)N1CCc2cc(NC(=O)C3(c4ccccc4)CCOCC3)ccc21. The molecule has 2 aromatic carbocycles. The lowest BCUT2D eigenvalue weighted by Crippen LogP contribution is -2.44. The first-order valence-corrected chi connectivity index (χ1v) is 11.5. The second kappa shape index (κ2) is 8.29. The van der Waals surface area contributed by atoms with E-state index in [2.05, 4.69) is 5.32 Å². The van der Waals surface area contributed by atoms with Gasteiger partial charge in [-0.15, -0.1) is 11.3 Å². The molecule has 5 rings (SSSR count). The fourth-order valence-corrected chi connectivity index (χ4v) is 5.27. The third kappa shape index (κ3) is 3.66. The Morgan fingerprint density at radius 1 is 1.00 bits per heavy atom. The molecule has 3 aromatic rings. The Labute approximate surface area is 185 Å². The molecule has 31 heavy (non-hydrogen) atoms. The summed E-state index contributed by atoms with van der Waals surface area (Å²) in [6, 6.07) is 19.6. The average Bonchev–Trinajstić information content (AvgIpc) is 3.50. The minimum absolute atomic E-state index is 0.00599. The van der Waals surface area contributed by atoms with E-state index in [1.54, 1.807) is 0 Å².